The van der Waals surface area contributed by atoms with Crippen LogP contribution < -0.4 is 4.90 Å². The maximum absolute atomic E-state index is 2.41. The van der Waals surface area contributed by atoms with Gasteiger partial charge in [0, 0.05) is 37.2 Å². The fourth-order valence-corrected chi connectivity index (χ4v) is 8.07. The highest BCUT2D eigenvalue weighted by atomic mass is 32.1. The summed E-state index contributed by atoms with van der Waals surface area (Å²) in [5.74, 6) is 0. The molecule has 0 aliphatic rings. The topological polar surface area (TPSA) is 3.24 Å². The number of hydrogen-bond acceptors (Lipinski definition) is 2. The first-order valence-corrected chi connectivity index (χ1v) is 15.8. The van der Waals surface area contributed by atoms with Crippen LogP contribution in [0.25, 0.3) is 63.6 Å². The van der Waals surface area contributed by atoms with Gasteiger partial charge in [-0.3, -0.25) is 0 Å². The Balaban J connectivity index is 1.28. The molecule has 0 aliphatic carbocycles. The van der Waals surface area contributed by atoms with Crippen molar-refractivity contribution in [1.82, 2.24) is 0 Å². The van der Waals surface area contributed by atoms with Crippen LogP contribution in [-0.2, 0) is 0 Å². The van der Waals surface area contributed by atoms with Crippen molar-refractivity contribution in [2.75, 3.05) is 4.90 Å². The molecule has 2 heteroatoms. The molecule has 0 radical (unpaired) electrons. The number of hydrogen-bond donors (Lipinski definition) is 0. The summed E-state index contributed by atoms with van der Waals surface area (Å²) in [5.41, 5.74) is 5.99. The zero-order chi connectivity index (χ0) is 29.0. The number of anilines is 3. The van der Waals surface area contributed by atoms with Crippen molar-refractivity contribution in [1.29, 1.82) is 0 Å². The first-order chi connectivity index (χ1) is 21.8. The monoisotopic (exact) mass is 577 g/mol. The maximum atomic E-state index is 2.41. The van der Waals surface area contributed by atoms with Gasteiger partial charge in [0.05, 0.1) is 0 Å². The van der Waals surface area contributed by atoms with Crippen LogP contribution in [-0.4, -0.2) is 0 Å². The molecule has 0 amide bonds. The number of rotatable bonds is 4. The molecule has 9 aromatic rings. The Morgan fingerprint density at radius 1 is 0.341 bits per heavy atom. The lowest BCUT2D eigenvalue weighted by Crippen LogP contribution is -2.09. The molecule has 8 aromatic carbocycles. The number of fused-ring (bicyclic) bond motifs is 9. The van der Waals surface area contributed by atoms with Crippen molar-refractivity contribution in [3.05, 3.63) is 164 Å². The van der Waals surface area contributed by atoms with Crippen molar-refractivity contribution in [3.63, 3.8) is 0 Å². The van der Waals surface area contributed by atoms with Gasteiger partial charge in [0.2, 0.25) is 0 Å². The van der Waals surface area contributed by atoms with E-state index in [1.807, 2.05) is 11.3 Å². The van der Waals surface area contributed by atoms with Gasteiger partial charge in [-0.25, -0.2) is 0 Å². The fraction of sp³-hybridized carbons (Fsp3) is 0. The second-order valence-electron chi connectivity index (χ2n) is 11.3. The summed E-state index contributed by atoms with van der Waals surface area (Å²) < 4.78 is 2.69. The van der Waals surface area contributed by atoms with Gasteiger partial charge < -0.3 is 4.90 Å². The molecule has 0 saturated heterocycles. The molecule has 1 heterocycles. The zero-order valence-electron chi connectivity index (χ0n) is 23.9. The van der Waals surface area contributed by atoms with Crippen LogP contribution in [0.5, 0.6) is 0 Å². The first-order valence-electron chi connectivity index (χ1n) is 15.0. The summed E-state index contributed by atoms with van der Waals surface area (Å²) in [7, 11) is 0. The van der Waals surface area contributed by atoms with Crippen molar-refractivity contribution < 1.29 is 0 Å². The molecule has 0 spiro atoms. The van der Waals surface area contributed by atoms with Gasteiger partial charge in [0.15, 0.2) is 0 Å². The summed E-state index contributed by atoms with van der Waals surface area (Å²) in [5, 5.41) is 10.3. The third-order valence-corrected chi connectivity index (χ3v) is 10.0. The second kappa shape index (κ2) is 10.1. The highest BCUT2D eigenvalue weighted by Crippen LogP contribution is 2.44. The smallest absolute Gasteiger partial charge is 0.0468 e. The minimum atomic E-state index is 1.14. The summed E-state index contributed by atoms with van der Waals surface area (Å²) in [6.07, 6.45) is 0. The van der Waals surface area contributed by atoms with Crippen molar-refractivity contribution in [2.24, 2.45) is 0 Å². The maximum Gasteiger partial charge on any atom is 0.0468 e. The minimum Gasteiger partial charge on any atom is -0.310 e. The number of para-hydroxylation sites is 2. The van der Waals surface area contributed by atoms with E-state index < -0.39 is 0 Å². The Morgan fingerprint density at radius 3 is 1.59 bits per heavy atom. The lowest BCUT2D eigenvalue weighted by atomic mass is 9.91. The third-order valence-electron chi connectivity index (χ3n) is 8.82. The predicted octanol–water partition coefficient (Wildman–Crippen LogP) is 12.7. The van der Waals surface area contributed by atoms with Crippen LogP contribution in [0.2, 0.25) is 0 Å². The van der Waals surface area contributed by atoms with Crippen LogP contribution in [0.3, 0.4) is 0 Å². The van der Waals surface area contributed by atoms with E-state index in [1.54, 1.807) is 0 Å². The van der Waals surface area contributed by atoms with Gasteiger partial charge >= 0.3 is 0 Å². The van der Waals surface area contributed by atoms with Crippen molar-refractivity contribution in [2.45, 2.75) is 0 Å². The summed E-state index contributed by atoms with van der Waals surface area (Å²) >= 11 is 1.89. The molecule has 0 fully saturated rings. The summed E-state index contributed by atoms with van der Waals surface area (Å²) in [6.45, 7) is 0. The molecule has 0 saturated carbocycles. The van der Waals surface area contributed by atoms with Gasteiger partial charge in [-0.05, 0) is 92.0 Å². The molecule has 0 unspecified atom stereocenters. The summed E-state index contributed by atoms with van der Waals surface area (Å²) in [6, 6.07) is 59.6. The fourth-order valence-electron chi connectivity index (χ4n) is 6.83. The van der Waals surface area contributed by atoms with Gasteiger partial charge in [-0.2, -0.15) is 0 Å². The average Bonchev–Trinajstić information content (AvgIpc) is 3.48. The SMILES string of the molecule is c1ccc(N(c2ccccc2)c2ccc3c4ccc(-c5cccc6c5sc5ccccc56)cc4c4ccccc4c3c2)cc1. The Bertz CT molecular complexity index is 2430. The van der Waals surface area contributed by atoms with E-state index in [0.29, 0.717) is 0 Å². The van der Waals surface area contributed by atoms with Gasteiger partial charge in [0.25, 0.3) is 0 Å². The second-order valence-corrected chi connectivity index (χ2v) is 12.4. The van der Waals surface area contributed by atoms with Crippen LogP contribution >= 0.6 is 11.3 Å². The lowest BCUT2D eigenvalue weighted by molar-refractivity contribution is 1.29. The standard InChI is InChI=1S/C42H27NS/c1-3-12-29(13-4-1)43(30-14-5-2-6-15-30)31-23-25-36-35-24-22-28(26-39(35)33-16-7-8-17-34(33)40(36)27-31)32-19-11-20-38-37-18-9-10-21-41(37)44-42(32)38/h1-27H. The van der Waals surface area contributed by atoms with E-state index in [-0.39, 0.29) is 0 Å². The predicted molar refractivity (Wildman–Crippen MR) is 192 cm³/mol. The highest BCUT2D eigenvalue weighted by molar-refractivity contribution is 7.26. The number of benzene rings is 8. The van der Waals surface area contributed by atoms with Crippen LogP contribution in [0.1, 0.15) is 0 Å². The molecule has 206 valence electrons. The van der Waals surface area contributed by atoms with Gasteiger partial charge in [-0.1, -0.05) is 115 Å². The van der Waals surface area contributed by atoms with E-state index in [4.69, 9.17) is 0 Å². The Morgan fingerprint density at radius 2 is 0.886 bits per heavy atom. The largest absolute Gasteiger partial charge is 0.310 e. The molecule has 44 heavy (non-hydrogen) atoms. The zero-order valence-corrected chi connectivity index (χ0v) is 24.8. The molecule has 9 rings (SSSR count). The van der Waals surface area contributed by atoms with Gasteiger partial charge in [-0.15, -0.1) is 11.3 Å². The lowest BCUT2D eigenvalue weighted by Gasteiger charge is -2.26. The Hall–Kier alpha value is -5.44. The van der Waals surface area contributed by atoms with E-state index in [0.717, 1.165) is 17.1 Å². The summed E-state index contributed by atoms with van der Waals surface area (Å²) in [4.78, 5) is 2.34. The third kappa shape index (κ3) is 3.92. The quantitative estimate of drug-likeness (QED) is 0.188. The molecule has 0 atom stereocenters. The normalized spacial score (nSPS) is 11.6. The molecule has 0 aliphatic heterocycles. The minimum absolute atomic E-state index is 1.14. The van der Waals surface area contributed by atoms with Crippen molar-refractivity contribution in [3.8, 4) is 11.1 Å². The van der Waals surface area contributed by atoms with E-state index in [1.165, 1.54) is 63.6 Å². The van der Waals surface area contributed by atoms with Gasteiger partial charge in [0.1, 0.15) is 0 Å². The molecular weight excluding hydrogens is 551 g/mol. The average molecular weight is 578 g/mol. The molecular formula is C42H27NS. The van der Waals surface area contributed by atoms with Crippen molar-refractivity contribution >= 4 is 80.9 Å². The Kier molecular flexibility index (Phi) is 5.75. The number of thiophene rings is 1. The molecule has 0 bridgehead atoms. The van der Waals surface area contributed by atoms with E-state index in [2.05, 4.69) is 169 Å². The van der Waals surface area contributed by atoms with Crippen LogP contribution in [0.4, 0.5) is 17.1 Å². The van der Waals surface area contributed by atoms with E-state index in [9.17, 15) is 0 Å². The van der Waals surface area contributed by atoms with Crippen LogP contribution in [0.15, 0.2) is 164 Å². The van der Waals surface area contributed by atoms with Crippen LogP contribution in [0, 0.1) is 0 Å². The molecule has 0 N–H and O–H groups in total. The molecule has 1 aromatic heterocycles. The highest BCUT2D eigenvalue weighted by Gasteiger charge is 2.16. The Labute approximate surface area is 259 Å². The number of nitrogens with zero attached hydrogens (tertiary/aromatic N) is 1. The first kappa shape index (κ1) is 25.1. The molecule has 1 nitrogen and oxygen atoms in total. The van der Waals surface area contributed by atoms with E-state index >= 15 is 0 Å².